The lowest BCUT2D eigenvalue weighted by molar-refractivity contribution is -0.154. The number of hydrogen-bond acceptors (Lipinski definition) is 7. The van der Waals surface area contributed by atoms with Gasteiger partial charge in [0.1, 0.15) is 29.7 Å². The SMILES string of the molecule is CC(C)[C@H](NC(=O)OCc1ccccc1)C(=O)Oc1ccc2c(=O)c(Oc3ccccc3)c(C(F)(F)F)oc2c1. The zero-order valence-corrected chi connectivity index (χ0v) is 21.4. The topological polar surface area (TPSA) is 104 Å². The van der Waals surface area contributed by atoms with Crippen LogP contribution in [0.3, 0.4) is 0 Å². The summed E-state index contributed by atoms with van der Waals surface area (Å²) in [4.78, 5) is 38.1. The van der Waals surface area contributed by atoms with Crippen molar-refractivity contribution < 1.29 is 41.4 Å². The van der Waals surface area contributed by atoms with Crippen LogP contribution in [0.1, 0.15) is 25.2 Å². The molecule has 0 saturated heterocycles. The zero-order chi connectivity index (χ0) is 28.9. The summed E-state index contributed by atoms with van der Waals surface area (Å²) in [6.45, 7) is 3.30. The molecule has 1 amide bonds. The first-order valence-corrected chi connectivity index (χ1v) is 12.1. The molecule has 4 rings (SSSR count). The Hall–Kier alpha value is -4.80. The van der Waals surface area contributed by atoms with Crippen molar-refractivity contribution in [3.05, 3.63) is 100 Å². The van der Waals surface area contributed by atoms with E-state index in [0.29, 0.717) is 0 Å². The summed E-state index contributed by atoms with van der Waals surface area (Å²) in [7, 11) is 0. The van der Waals surface area contributed by atoms with Crippen molar-refractivity contribution in [3.63, 3.8) is 0 Å². The van der Waals surface area contributed by atoms with Gasteiger partial charge in [-0.2, -0.15) is 13.2 Å². The van der Waals surface area contributed by atoms with Crippen LogP contribution in [0.5, 0.6) is 17.2 Å². The normalized spacial score (nSPS) is 12.2. The number of rotatable bonds is 8. The van der Waals surface area contributed by atoms with E-state index in [9.17, 15) is 27.6 Å². The summed E-state index contributed by atoms with van der Waals surface area (Å²) in [5, 5.41) is 2.22. The molecular formula is C29H24F3NO7. The second-order valence-electron chi connectivity index (χ2n) is 9.01. The lowest BCUT2D eigenvalue weighted by atomic mass is 10.1. The maximum absolute atomic E-state index is 13.8. The van der Waals surface area contributed by atoms with Crippen LogP contribution < -0.4 is 20.2 Å². The Morgan fingerprint density at radius 3 is 2.20 bits per heavy atom. The molecule has 4 aromatic rings. The number of halogens is 3. The molecule has 0 aliphatic carbocycles. The molecule has 0 aliphatic rings. The van der Waals surface area contributed by atoms with Crippen LogP contribution in [-0.2, 0) is 22.3 Å². The molecule has 208 valence electrons. The third-order valence-corrected chi connectivity index (χ3v) is 5.67. The molecule has 40 heavy (non-hydrogen) atoms. The molecule has 0 radical (unpaired) electrons. The molecule has 1 N–H and O–H groups in total. The Labute approximate surface area is 226 Å². The Bertz CT molecular complexity index is 1550. The Kier molecular flexibility index (Phi) is 8.42. The molecule has 0 aliphatic heterocycles. The molecule has 0 bridgehead atoms. The zero-order valence-electron chi connectivity index (χ0n) is 21.4. The van der Waals surface area contributed by atoms with Gasteiger partial charge in [-0.1, -0.05) is 62.4 Å². The van der Waals surface area contributed by atoms with Crippen LogP contribution in [0, 0.1) is 5.92 Å². The van der Waals surface area contributed by atoms with Gasteiger partial charge in [0.05, 0.1) is 5.39 Å². The highest BCUT2D eigenvalue weighted by atomic mass is 19.4. The third-order valence-electron chi connectivity index (χ3n) is 5.67. The van der Waals surface area contributed by atoms with Crippen molar-refractivity contribution in [2.24, 2.45) is 5.92 Å². The monoisotopic (exact) mass is 555 g/mol. The first-order valence-electron chi connectivity index (χ1n) is 12.1. The summed E-state index contributed by atoms with van der Waals surface area (Å²) in [6.07, 6.45) is -5.92. The number of alkyl halides is 3. The third kappa shape index (κ3) is 6.79. The van der Waals surface area contributed by atoms with Crippen LogP contribution in [0.15, 0.2) is 88.1 Å². The second kappa shape index (κ2) is 11.9. The average molecular weight is 556 g/mol. The highest BCUT2D eigenvalue weighted by molar-refractivity contribution is 5.85. The molecule has 0 fully saturated rings. The van der Waals surface area contributed by atoms with Crippen LogP contribution in [0.4, 0.5) is 18.0 Å². The van der Waals surface area contributed by atoms with Gasteiger partial charge < -0.3 is 23.9 Å². The van der Waals surface area contributed by atoms with Gasteiger partial charge in [-0.15, -0.1) is 0 Å². The number of amides is 1. The molecule has 11 heteroatoms. The van der Waals surface area contributed by atoms with Crippen molar-refractivity contribution in [2.45, 2.75) is 32.7 Å². The minimum Gasteiger partial charge on any atom is -0.449 e. The maximum atomic E-state index is 13.8. The van der Waals surface area contributed by atoms with Crippen LogP contribution in [0.25, 0.3) is 11.0 Å². The van der Waals surface area contributed by atoms with Crippen molar-refractivity contribution in [1.82, 2.24) is 5.32 Å². The molecule has 0 saturated carbocycles. The van der Waals surface area contributed by atoms with Crippen molar-refractivity contribution >= 4 is 23.0 Å². The van der Waals surface area contributed by atoms with Crippen LogP contribution >= 0.6 is 0 Å². The van der Waals surface area contributed by atoms with E-state index in [0.717, 1.165) is 17.7 Å². The largest absolute Gasteiger partial charge is 0.453 e. The van der Waals surface area contributed by atoms with Gasteiger partial charge in [-0.05, 0) is 35.7 Å². The summed E-state index contributed by atoms with van der Waals surface area (Å²) in [5.41, 5.74) is -0.785. The summed E-state index contributed by atoms with van der Waals surface area (Å²) < 4.78 is 62.2. The molecule has 1 aromatic heterocycles. The first kappa shape index (κ1) is 28.2. The maximum Gasteiger partial charge on any atom is 0.453 e. The van der Waals surface area contributed by atoms with Crippen LogP contribution in [-0.4, -0.2) is 18.1 Å². The predicted molar refractivity (Wildman–Crippen MR) is 138 cm³/mol. The van der Waals surface area contributed by atoms with E-state index in [-0.39, 0.29) is 23.5 Å². The van der Waals surface area contributed by atoms with Gasteiger partial charge in [0.15, 0.2) is 0 Å². The van der Waals surface area contributed by atoms with Crippen molar-refractivity contribution in [3.8, 4) is 17.2 Å². The Balaban J connectivity index is 1.55. The summed E-state index contributed by atoms with van der Waals surface area (Å²) >= 11 is 0. The van der Waals surface area contributed by atoms with Gasteiger partial charge in [-0.25, -0.2) is 9.59 Å². The lowest BCUT2D eigenvalue weighted by Crippen LogP contribution is -2.46. The number of nitrogens with one attached hydrogen (secondary N) is 1. The molecule has 0 unspecified atom stereocenters. The standard InChI is InChI=1S/C29H24F3NO7/c1-17(2)23(33-28(36)37-16-18-9-5-3-6-10-18)27(35)39-20-13-14-21-22(15-20)40-26(29(30,31)32)25(24(21)34)38-19-11-7-4-8-12-19/h3-15,17,23H,16H2,1-2H3,(H,33,36)/t23-/m0/s1. The number of esters is 1. The summed E-state index contributed by atoms with van der Waals surface area (Å²) in [5.74, 6) is -4.16. The number of fused-ring (bicyclic) bond motifs is 1. The van der Waals surface area contributed by atoms with Gasteiger partial charge in [0.2, 0.25) is 11.2 Å². The molecule has 3 aromatic carbocycles. The predicted octanol–water partition coefficient (Wildman–Crippen LogP) is 6.46. The van der Waals surface area contributed by atoms with Crippen LogP contribution in [0.2, 0.25) is 0 Å². The highest BCUT2D eigenvalue weighted by Crippen LogP contribution is 2.38. The number of ether oxygens (including phenoxy) is 3. The van der Waals surface area contributed by atoms with Crippen molar-refractivity contribution in [2.75, 3.05) is 0 Å². The number of benzene rings is 3. The highest BCUT2D eigenvalue weighted by Gasteiger charge is 2.40. The molecule has 0 spiro atoms. The Morgan fingerprint density at radius 2 is 1.57 bits per heavy atom. The lowest BCUT2D eigenvalue weighted by Gasteiger charge is -2.20. The smallest absolute Gasteiger partial charge is 0.449 e. The van der Waals surface area contributed by atoms with E-state index in [1.54, 1.807) is 44.2 Å². The van der Waals surface area contributed by atoms with Gasteiger partial charge in [-0.3, -0.25) is 4.79 Å². The number of carbonyl (C=O) groups is 2. The van der Waals surface area contributed by atoms with E-state index in [1.807, 2.05) is 6.07 Å². The fourth-order valence-corrected chi connectivity index (χ4v) is 3.67. The van der Waals surface area contributed by atoms with E-state index in [4.69, 9.17) is 18.6 Å². The van der Waals surface area contributed by atoms with E-state index >= 15 is 0 Å². The second-order valence-corrected chi connectivity index (χ2v) is 9.01. The average Bonchev–Trinajstić information content (AvgIpc) is 2.92. The Morgan fingerprint density at radius 1 is 0.925 bits per heavy atom. The van der Waals surface area contributed by atoms with E-state index in [1.165, 1.54) is 30.3 Å². The quantitative estimate of drug-likeness (QED) is 0.197. The number of para-hydroxylation sites is 1. The van der Waals surface area contributed by atoms with Gasteiger partial charge in [0, 0.05) is 6.07 Å². The number of hydrogen-bond donors (Lipinski definition) is 1. The minimum atomic E-state index is -5.06. The van der Waals surface area contributed by atoms with Gasteiger partial charge >= 0.3 is 18.2 Å². The fraction of sp³-hybridized carbons (Fsp3) is 0.207. The number of alkyl carbamates (subject to hydrolysis) is 1. The first-order chi connectivity index (χ1) is 19.0. The summed E-state index contributed by atoms with van der Waals surface area (Å²) in [6, 6.07) is 18.6. The molecule has 1 heterocycles. The van der Waals surface area contributed by atoms with E-state index < -0.39 is 52.7 Å². The van der Waals surface area contributed by atoms with Gasteiger partial charge in [0.25, 0.3) is 5.76 Å². The fourth-order valence-electron chi connectivity index (χ4n) is 3.67. The molecule has 8 nitrogen and oxygen atoms in total. The minimum absolute atomic E-state index is 0.0136. The van der Waals surface area contributed by atoms with Crippen molar-refractivity contribution in [1.29, 1.82) is 0 Å². The number of carbonyl (C=O) groups excluding carboxylic acids is 2. The van der Waals surface area contributed by atoms with E-state index in [2.05, 4.69) is 5.32 Å². The molecular weight excluding hydrogens is 531 g/mol. The molecule has 1 atom stereocenters.